The number of aliphatic hydroxyl groups is 2. The second-order valence-corrected chi connectivity index (χ2v) is 13.1. The first-order chi connectivity index (χ1) is 16.3. The van der Waals surface area contributed by atoms with Crippen molar-refractivity contribution in [1.82, 2.24) is 4.98 Å². The van der Waals surface area contributed by atoms with Crippen molar-refractivity contribution in [3.63, 3.8) is 0 Å². The lowest BCUT2D eigenvalue weighted by Gasteiger charge is -2.40. The van der Waals surface area contributed by atoms with Crippen LogP contribution in [0.25, 0.3) is 0 Å². The number of hydrogen-bond donors (Lipinski definition) is 2. The van der Waals surface area contributed by atoms with Gasteiger partial charge in [-0.25, -0.2) is 9.78 Å². The molecule has 1 aromatic carbocycles. The summed E-state index contributed by atoms with van der Waals surface area (Å²) in [7, 11) is 0. The van der Waals surface area contributed by atoms with Gasteiger partial charge in [-0.1, -0.05) is 66.3 Å². The van der Waals surface area contributed by atoms with Crippen LogP contribution < -0.4 is 0 Å². The van der Waals surface area contributed by atoms with Crippen molar-refractivity contribution in [2.45, 2.75) is 103 Å². The minimum absolute atomic E-state index is 0.0374. The summed E-state index contributed by atoms with van der Waals surface area (Å²) >= 11 is 2.93. The summed E-state index contributed by atoms with van der Waals surface area (Å²) in [5.41, 5.74) is 4.81. The molecule has 0 spiro atoms. The number of rotatable bonds is 8. The third-order valence-electron chi connectivity index (χ3n) is 6.87. The summed E-state index contributed by atoms with van der Waals surface area (Å²) < 4.78 is 6.15. The van der Waals surface area contributed by atoms with E-state index in [0.717, 1.165) is 27.3 Å². The number of thioether (sulfide) groups is 1. The first kappa shape index (κ1) is 27.8. The van der Waals surface area contributed by atoms with Gasteiger partial charge in [0.2, 0.25) is 0 Å². The summed E-state index contributed by atoms with van der Waals surface area (Å²) in [5, 5.41) is 20.9. The largest absolute Gasteiger partial charge is 0.511 e. The number of carbonyl (C=O) groups excluding carboxylic acids is 1. The van der Waals surface area contributed by atoms with Gasteiger partial charge in [-0.05, 0) is 59.8 Å². The van der Waals surface area contributed by atoms with Gasteiger partial charge in [0.15, 0.2) is 0 Å². The van der Waals surface area contributed by atoms with Crippen LogP contribution in [0.2, 0.25) is 0 Å². The van der Waals surface area contributed by atoms with Crippen LogP contribution in [-0.2, 0) is 28.0 Å². The van der Waals surface area contributed by atoms with Crippen LogP contribution in [0.3, 0.4) is 0 Å². The molecule has 1 aliphatic heterocycles. The molecular weight excluding hydrogens is 478 g/mol. The average Bonchev–Trinajstić information content (AvgIpc) is 3.23. The standard InChI is InChI=1S/C28H39NO4S2/c1-16(2)24-21(29-15-34-24)9-10-28(17(3)4)13-22(31)25(26(32)33-28)35-23-11-18(5)19(14-30)12-20(23)27(6,7)8/h11-12,15-17,30-31H,9-10,13-14H2,1-8H3. The van der Waals surface area contributed by atoms with Crippen LogP contribution in [0.5, 0.6) is 0 Å². The molecule has 0 bridgehead atoms. The molecule has 1 aromatic heterocycles. The Morgan fingerprint density at radius 1 is 1.23 bits per heavy atom. The highest BCUT2D eigenvalue weighted by molar-refractivity contribution is 8.04. The molecule has 0 radical (unpaired) electrons. The molecular formula is C28H39NO4S2. The van der Waals surface area contributed by atoms with Crippen molar-refractivity contribution in [2.75, 3.05) is 0 Å². The van der Waals surface area contributed by atoms with Crippen molar-refractivity contribution in [2.24, 2.45) is 5.92 Å². The lowest BCUT2D eigenvalue weighted by Crippen LogP contribution is -2.44. The highest BCUT2D eigenvalue weighted by atomic mass is 32.2. The number of benzene rings is 1. The number of thiazole rings is 1. The summed E-state index contributed by atoms with van der Waals surface area (Å²) in [6.45, 7) is 16.6. The van der Waals surface area contributed by atoms with Crippen LogP contribution in [0.4, 0.5) is 0 Å². The molecule has 7 heteroatoms. The molecule has 3 rings (SSSR count). The number of cyclic esters (lactones) is 1. The van der Waals surface area contributed by atoms with E-state index in [0.29, 0.717) is 25.2 Å². The SMILES string of the molecule is Cc1cc(SC2=C(O)CC(CCc3ncsc3C(C)C)(C(C)C)OC2=O)c(C(C)(C)C)cc1CO. The number of aliphatic hydroxyl groups excluding tert-OH is 2. The summed E-state index contributed by atoms with van der Waals surface area (Å²) in [6, 6.07) is 3.99. The Hall–Kier alpha value is -1.83. The average molecular weight is 518 g/mol. The Kier molecular flexibility index (Phi) is 8.45. The van der Waals surface area contributed by atoms with Gasteiger partial charge in [0.25, 0.3) is 0 Å². The summed E-state index contributed by atoms with van der Waals surface area (Å²) in [4.78, 5) is 20.3. The number of esters is 1. The highest BCUT2D eigenvalue weighted by Crippen LogP contribution is 2.45. The molecule has 2 N–H and O–H groups in total. The quantitative estimate of drug-likeness (QED) is 0.360. The molecule has 1 atom stereocenters. The number of aromatic nitrogens is 1. The third kappa shape index (κ3) is 5.95. The molecule has 2 aromatic rings. The number of ether oxygens (including phenoxy) is 1. The molecule has 0 fully saturated rings. The zero-order valence-electron chi connectivity index (χ0n) is 22.2. The maximum absolute atomic E-state index is 13.3. The molecule has 0 aliphatic carbocycles. The van der Waals surface area contributed by atoms with Crippen molar-refractivity contribution in [3.05, 3.63) is 55.6 Å². The van der Waals surface area contributed by atoms with Crippen molar-refractivity contribution >= 4 is 29.1 Å². The molecule has 1 unspecified atom stereocenters. The Morgan fingerprint density at radius 3 is 2.46 bits per heavy atom. The van der Waals surface area contributed by atoms with Crippen LogP contribution in [-0.4, -0.2) is 26.8 Å². The fourth-order valence-electron chi connectivity index (χ4n) is 4.54. The number of aryl methyl sites for hydroxylation is 2. The van der Waals surface area contributed by atoms with E-state index in [9.17, 15) is 15.0 Å². The lowest BCUT2D eigenvalue weighted by atomic mass is 9.80. The van der Waals surface area contributed by atoms with Crippen LogP contribution in [0.15, 0.2) is 33.2 Å². The lowest BCUT2D eigenvalue weighted by molar-refractivity contribution is -0.164. The minimum Gasteiger partial charge on any atom is -0.511 e. The third-order valence-corrected chi connectivity index (χ3v) is 9.21. The second kappa shape index (κ2) is 10.7. The van der Waals surface area contributed by atoms with E-state index in [1.54, 1.807) is 11.3 Å². The fraction of sp³-hybridized carbons (Fsp3) is 0.571. The van der Waals surface area contributed by atoms with Crippen molar-refractivity contribution in [3.8, 4) is 0 Å². The van der Waals surface area contributed by atoms with Gasteiger partial charge >= 0.3 is 5.97 Å². The van der Waals surface area contributed by atoms with Crippen LogP contribution >= 0.6 is 23.1 Å². The number of nitrogens with zero attached hydrogens (tertiary/aromatic N) is 1. The summed E-state index contributed by atoms with van der Waals surface area (Å²) in [5.74, 6) is 0.0533. The maximum Gasteiger partial charge on any atom is 0.349 e. The van der Waals surface area contributed by atoms with E-state index in [1.165, 1.54) is 16.6 Å². The molecule has 5 nitrogen and oxygen atoms in total. The number of hydrogen-bond acceptors (Lipinski definition) is 7. The Labute approximate surface area is 218 Å². The van der Waals surface area contributed by atoms with Gasteiger partial charge < -0.3 is 14.9 Å². The van der Waals surface area contributed by atoms with Crippen LogP contribution in [0.1, 0.15) is 94.5 Å². The first-order valence-corrected chi connectivity index (χ1v) is 14.0. The zero-order valence-corrected chi connectivity index (χ0v) is 23.8. The normalized spacial score (nSPS) is 19.1. The smallest absolute Gasteiger partial charge is 0.349 e. The maximum atomic E-state index is 13.3. The van der Waals surface area contributed by atoms with E-state index in [-0.39, 0.29) is 28.6 Å². The number of carbonyl (C=O) groups is 1. The first-order valence-electron chi connectivity index (χ1n) is 12.3. The second-order valence-electron chi connectivity index (χ2n) is 11.2. The Morgan fingerprint density at radius 2 is 1.91 bits per heavy atom. The molecule has 1 aliphatic rings. The highest BCUT2D eigenvalue weighted by Gasteiger charge is 2.45. The van der Waals surface area contributed by atoms with Gasteiger partial charge in [-0.3, -0.25) is 0 Å². The minimum atomic E-state index is -0.771. The van der Waals surface area contributed by atoms with Gasteiger partial charge in [-0.15, -0.1) is 11.3 Å². The molecule has 0 saturated carbocycles. The topological polar surface area (TPSA) is 79.7 Å². The Bertz CT molecular complexity index is 1110. The van der Waals surface area contributed by atoms with E-state index >= 15 is 0 Å². The van der Waals surface area contributed by atoms with Gasteiger partial charge in [0, 0.05) is 16.2 Å². The molecule has 35 heavy (non-hydrogen) atoms. The summed E-state index contributed by atoms with van der Waals surface area (Å²) in [6.07, 6.45) is 1.60. The van der Waals surface area contributed by atoms with Gasteiger partial charge in [-0.2, -0.15) is 0 Å². The molecule has 2 heterocycles. The zero-order chi connectivity index (χ0) is 26.1. The molecule has 192 valence electrons. The van der Waals surface area contributed by atoms with E-state index in [4.69, 9.17) is 4.74 Å². The monoisotopic (exact) mass is 517 g/mol. The predicted molar refractivity (Wildman–Crippen MR) is 144 cm³/mol. The van der Waals surface area contributed by atoms with Crippen LogP contribution in [0, 0.1) is 12.8 Å². The van der Waals surface area contributed by atoms with Crippen molar-refractivity contribution < 1.29 is 19.7 Å². The fourth-order valence-corrected chi connectivity index (χ4v) is 6.64. The predicted octanol–water partition coefficient (Wildman–Crippen LogP) is 7.20. The van der Waals surface area contributed by atoms with Crippen molar-refractivity contribution in [1.29, 1.82) is 0 Å². The Balaban J connectivity index is 1.92. The van der Waals surface area contributed by atoms with E-state index in [2.05, 4.69) is 39.6 Å². The molecule has 0 amide bonds. The molecule has 0 saturated heterocycles. The van der Waals surface area contributed by atoms with E-state index < -0.39 is 11.6 Å². The van der Waals surface area contributed by atoms with Gasteiger partial charge in [0.05, 0.1) is 17.8 Å². The van der Waals surface area contributed by atoms with Gasteiger partial charge in [0.1, 0.15) is 16.3 Å². The van der Waals surface area contributed by atoms with E-state index in [1.807, 2.05) is 38.4 Å².